The zero-order chi connectivity index (χ0) is 27.9. The molecular formula is C29H35N3O5S. The normalized spacial score (nSPS) is 12.1. The van der Waals surface area contributed by atoms with E-state index in [0.29, 0.717) is 23.6 Å². The molecule has 0 radical (unpaired) electrons. The zero-order valence-corrected chi connectivity index (χ0v) is 23.5. The van der Waals surface area contributed by atoms with Gasteiger partial charge in [-0.25, -0.2) is 13.8 Å². The third kappa shape index (κ3) is 6.92. The zero-order valence-electron chi connectivity index (χ0n) is 22.7. The summed E-state index contributed by atoms with van der Waals surface area (Å²) >= 11 is 0. The Morgan fingerprint density at radius 2 is 1.58 bits per heavy atom. The minimum Gasteiger partial charge on any atom is -0.493 e. The smallest absolute Gasteiger partial charge is 0.264 e. The molecule has 8 nitrogen and oxygen atoms in total. The van der Waals surface area contributed by atoms with Crippen LogP contribution in [-0.2, 0) is 20.2 Å². The van der Waals surface area contributed by atoms with Crippen LogP contribution < -0.4 is 19.2 Å². The van der Waals surface area contributed by atoms with Crippen molar-refractivity contribution in [3.63, 3.8) is 0 Å². The number of nitrogens with zero attached hydrogens (tertiary/aromatic N) is 2. The Morgan fingerprint density at radius 3 is 2.18 bits per heavy atom. The van der Waals surface area contributed by atoms with Crippen LogP contribution in [0.1, 0.15) is 38.3 Å². The summed E-state index contributed by atoms with van der Waals surface area (Å²) in [6.07, 6.45) is 0.609. The fourth-order valence-electron chi connectivity index (χ4n) is 4.13. The first-order valence-corrected chi connectivity index (χ1v) is 13.6. The fourth-order valence-corrected chi connectivity index (χ4v) is 5.54. The first kappa shape index (κ1) is 28.7. The van der Waals surface area contributed by atoms with E-state index in [9.17, 15) is 13.2 Å². The van der Waals surface area contributed by atoms with Crippen molar-refractivity contribution >= 4 is 27.3 Å². The van der Waals surface area contributed by atoms with E-state index in [1.54, 1.807) is 24.3 Å². The van der Waals surface area contributed by atoms with Crippen LogP contribution in [0.5, 0.6) is 11.5 Å². The molecule has 0 aromatic heterocycles. The molecule has 0 aliphatic heterocycles. The molecule has 3 rings (SSSR count). The van der Waals surface area contributed by atoms with Crippen LogP contribution in [0.25, 0.3) is 0 Å². The predicted molar refractivity (Wildman–Crippen MR) is 151 cm³/mol. The number of aryl methyl sites for hydroxylation is 1. The molecule has 3 aromatic rings. The van der Waals surface area contributed by atoms with Crippen LogP contribution >= 0.6 is 0 Å². The fraction of sp³-hybridized carbons (Fsp3) is 0.310. The maximum absolute atomic E-state index is 13.7. The number of methoxy groups -OCH3 is 2. The Morgan fingerprint density at radius 1 is 0.947 bits per heavy atom. The van der Waals surface area contributed by atoms with Crippen molar-refractivity contribution in [1.29, 1.82) is 0 Å². The van der Waals surface area contributed by atoms with Gasteiger partial charge in [-0.1, -0.05) is 61.9 Å². The van der Waals surface area contributed by atoms with Crippen molar-refractivity contribution < 1.29 is 22.7 Å². The number of hydrazone groups is 1. The summed E-state index contributed by atoms with van der Waals surface area (Å²) in [6.45, 7) is 7.44. The van der Waals surface area contributed by atoms with E-state index in [1.807, 2.05) is 32.0 Å². The van der Waals surface area contributed by atoms with Crippen LogP contribution in [0.15, 0.2) is 82.8 Å². The summed E-state index contributed by atoms with van der Waals surface area (Å²) < 4.78 is 39.0. The molecule has 0 aliphatic rings. The van der Waals surface area contributed by atoms with Crippen molar-refractivity contribution in [2.45, 2.75) is 44.4 Å². The van der Waals surface area contributed by atoms with Gasteiger partial charge in [-0.15, -0.1) is 0 Å². The monoisotopic (exact) mass is 537 g/mol. The number of carbonyl (C=O) groups excluding carboxylic acids is 1. The van der Waals surface area contributed by atoms with Crippen LogP contribution in [0.3, 0.4) is 0 Å². The van der Waals surface area contributed by atoms with Gasteiger partial charge in [-0.05, 0) is 55.5 Å². The molecule has 0 atom stereocenters. The molecule has 1 amide bonds. The largest absolute Gasteiger partial charge is 0.493 e. The molecule has 0 spiro atoms. The Balaban J connectivity index is 1.86. The van der Waals surface area contributed by atoms with Gasteiger partial charge in [0.1, 0.15) is 6.54 Å². The minimum atomic E-state index is -4.09. The highest BCUT2D eigenvalue weighted by Crippen LogP contribution is 2.34. The number of sulfonamides is 1. The molecule has 0 aliphatic carbocycles. The molecular weight excluding hydrogens is 502 g/mol. The Hall–Kier alpha value is -3.85. The molecule has 0 saturated heterocycles. The number of benzene rings is 3. The number of ether oxygens (including phenoxy) is 2. The third-order valence-electron chi connectivity index (χ3n) is 6.18. The lowest BCUT2D eigenvalue weighted by molar-refractivity contribution is -0.119. The standard InChI is InChI=1S/C29H35N3O5S/c1-21-12-15-25(16-13-21)38(34,35)32(24-14-17-26(36-5)27(18-24)37-6)20-28(33)31-30-22(2)19-29(3,4)23-10-8-7-9-11-23/h7-18H,19-20H2,1-6H3,(H,31,33)/b30-22-. The summed E-state index contributed by atoms with van der Waals surface area (Å²) in [6, 6.07) is 21.2. The van der Waals surface area contributed by atoms with Crippen LogP contribution in [0, 0.1) is 6.92 Å². The van der Waals surface area contributed by atoms with Gasteiger partial charge in [0.05, 0.1) is 24.8 Å². The molecule has 0 heterocycles. The van der Waals surface area contributed by atoms with E-state index >= 15 is 0 Å². The molecule has 0 fully saturated rings. The topological polar surface area (TPSA) is 97.3 Å². The highest BCUT2D eigenvalue weighted by atomic mass is 32.2. The second-order valence-corrected chi connectivity index (χ2v) is 11.5. The predicted octanol–water partition coefficient (Wildman–Crippen LogP) is 5.07. The van der Waals surface area contributed by atoms with Gasteiger partial charge in [0.25, 0.3) is 15.9 Å². The Labute approximate surface area is 225 Å². The maximum Gasteiger partial charge on any atom is 0.264 e. The highest BCUT2D eigenvalue weighted by molar-refractivity contribution is 7.92. The molecule has 9 heteroatoms. The van der Waals surface area contributed by atoms with Crippen molar-refractivity contribution in [3.05, 3.63) is 83.9 Å². The quantitative estimate of drug-likeness (QED) is 0.272. The lowest BCUT2D eigenvalue weighted by atomic mass is 9.80. The van der Waals surface area contributed by atoms with Gasteiger partial charge in [0.15, 0.2) is 11.5 Å². The lowest BCUT2D eigenvalue weighted by Crippen LogP contribution is -2.40. The molecule has 0 unspecified atom stereocenters. The minimum absolute atomic E-state index is 0.0648. The molecule has 0 saturated carbocycles. The number of carbonyl (C=O) groups is 1. The van der Waals surface area contributed by atoms with Gasteiger partial charge in [0.2, 0.25) is 0 Å². The number of hydrogen-bond acceptors (Lipinski definition) is 6. The Kier molecular flexibility index (Phi) is 9.17. The van der Waals surface area contributed by atoms with E-state index in [0.717, 1.165) is 15.4 Å². The van der Waals surface area contributed by atoms with E-state index in [-0.39, 0.29) is 16.0 Å². The number of rotatable bonds is 11. The van der Waals surface area contributed by atoms with Crippen molar-refractivity contribution in [1.82, 2.24) is 5.43 Å². The lowest BCUT2D eigenvalue weighted by Gasteiger charge is -2.25. The molecule has 38 heavy (non-hydrogen) atoms. The number of anilines is 1. The van der Waals surface area contributed by atoms with Gasteiger partial charge >= 0.3 is 0 Å². The summed E-state index contributed by atoms with van der Waals surface area (Å²) in [5.74, 6) is 0.202. The van der Waals surface area contributed by atoms with Crippen molar-refractivity contribution in [2.75, 3.05) is 25.1 Å². The molecule has 0 bridgehead atoms. The van der Waals surface area contributed by atoms with Gasteiger partial charge in [-0.3, -0.25) is 9.10 Å². The van der Waals surface area contributed by atoms with E-state index in [1.165, 1.54) is 32.4 Å². The SMILES string of the molecule is COc1ccc(N(CC(=O)N/N=C(/C)CC(C)(C)c2ccccc2)S(=O)(=O)c2ccc(C)cc2)cc1OC. The first-order chi connectivity index (χ1) is 18.0. The number of amides is 1. The van der Waals surface area contributed by atoms with Crippen LogP contribution in [0.4, 0.5) is 5.69 Å². The van der Waals surface area contributed by atoms with Crippen LogP contribution in [0.2, 0.25) is 0 Å². The van der Waals surface area contributed by atoms with Gasteiger partial charge in [0, 0.05) is 11.8 Å². The number of nitrogens with one attached hydrogen (secondary N) is 1. The first-order valence-electron chi connectivity index (χ1n) is 12.2. The van der Waals surface area contributed by atoms with E-state index in [2.05, 4.69) is 36.5 Å². The average molecular weight is 538 g/mol. The van der Waals surface area contributed by atoms with Crippen molar-refractivity contribution in [2.24, 2.45) is 5.10 Å². The average Bonchev–Trinajstić information content (AvgIpc) is 2.90. The summed E-state index contributed by atoms with van der Waals surface area (Å²) in [5.41, 5.74) is 5.38. The second-order valence-electron chi connectivity index (χ2n) is 9.67. The maximum atomic E-state index is 13.7. The van der Waals surface area contributed by atoms with Gasteiger partial charge in [-0.2, -0.15) is 5.10 Å². The molecule has 202 valence electrons. The van der Waals surface area contributed by atoms with Crippen LogP contribution in [-0.4, -0.2) is 40.8 Å². The molecule has 3 aromatic carbocycles. The van der Waals surface area contributed by atoms with Crippen molar-refractivity contribution in [3.8, 4) is 11.5 Å². The van der Waals surface area contributed by atoms with Gasteiger partial charge < -0.3 is 9.47 Å². The highest BCUT2D eigenvalue weighted by Gasteiger charge is 2.28. The summed E-state index contributed by atoms with van der Waals surface area (Å²) in [5, 5.41) is 4.26. The second kappa shape index (κ2) is 12.1. The summed E-state index contributed by atoms with van der Waals surface area (Å²) in [7, 11) is -1.14. The summed E-state index contributed by atoms with van der Waals surface area (Å²) in [4.78, 5) is 13.1. The number of hydrogen-bond donors (Lipinski definition) is 1. The Bertz CT molecular complexity index is 1390. The van der Waals surface area contributed by atoms with E-state index in [4.69, 9.17) is 9.47 Å². The third-order valence-corrected chi connectivity index (χ3v) is 7.96. The molecule has 1 N–H and O–H groups in total. The van der Waals surface area contributed by atoms with E-state index < -0.39 is 22.5 Å².